The number of hydrogen-bond donors (Lipinski definition) is 1. The summed E-state index contributed by atoms with van der Waals surface area (Å²) in [6.07, 6.45) is -3.45. The number of carbonyl (C=O) groups is 1. The molecule has 0 aromatic heterocycles. The van der Waals surface area contributed by atoms with Crippen LogP contribution in [0.5, 0.6) is 23.0 Å². The molecule has 0 radical (unpaired) electrons. The van der Waals surface area contributed by atoms with Crippen molar-refractivity contribution in [2.45, 2.75) is 43.9 Å². The zero-order valence-electron chi connectivity index (χ0n) is 19.9. The van der Waals surface area contributed by atoms with Gasteiger partial charge in [0.25, 0.3) is 0 Å². The molecule has 1 N–H and O–H groups in total. The first-order chi connectivity index (χ1) is 17.2. The monoisotopic (exact) mass is 520 g/mol. The summed E-state index contributed by atoms with van der Waals surface area (Å²) in [5.74, 6) is 0.865. The van der Waals surface area contributed by atoms with Crippen molar-refractivity contribution in [3.63, 3.8) is 0 Å². The maximum Gasteiger partial charge on any atom is 0.416 e. The molecule has 0 aliphatic rings. The first-order valence-corrected chi connectivity index (χ1v) is 12.4. The van der Waals surface area contributed by atoms with Crippen LogP contribution in [-0.2, 0) is 17.4 Å². The van der Waals surface area contributed by atoms with Crippen molar-refractivity contribution in [1.29, 1.82) is 0 Å². The molecule has 1 atom stereocenters. The highest BCUT2D eigenvalue weighted by molar-refractivity contribution is 7.99. The molecule has 3 rings (SSSR count). The molecule has 0 saturated carbocycles. The number of rotatable bonds is 12. The van der Waals surface area contributed by atoms with Crippen molar-refractivity contribution in [1.82, 2.24) is 0 Å². The number of thioether (sulfide) groups is 1. The number of carboxylic acids is 1. The molecule has 0 spiro atoms. The molecule has 192 valence electrons. The minimum atomic E-state index is -4.50. The molecule has 0 aliphatic heterocycles. The number of halogens is 3. The largest absolute Gasteiger partial charge is 0.487 e. The van der Waals surface area contributed by atoms with E-state index in [-0.39, 0.29) is 17.6 Å². The zero-order valence-corrected chi connectivity index (χ0v) is 20.7. The van der Waals surface area contributed by atoms with Crippen LogP contribution in [0.2, 0.25) is 0 Å². The van der Waals surface area contributed by atoms with Gasteiger partial charge in [-0.2, -0.15) is 13.2 Å². The number of hydrogen-bond acceptors (Lipinski definition) is 5. The molecule has 3 aromatic rings. The average Bonchev–Trinajstić information content (AvgIpc) is 2.84. The maximum atomic E-state index is 13.3. The van der Waals surface area contributed by atoms with Gasteiger partial charge in [0, 0.05) is 10.6 Å². The van der Waals surface area contributed by atoms with Crippen LogP contribution in [0.25, 0.3) is 0 Å². The van der Waals surface area contributed by atoms with E-state index in [1.54, 1.807) is 48.2 Å². The SMILES string of the molecule is CCc1cc(SCC[C@@H](C)Oc2ccc(C(F)(F)F)cc2Oc2ccccc2)ccc1OCC(=O)O. The molecule has 0 aliphatic carbocycles. The highest BCUT2D eigenvalue weighted by atomic mass is 32.2. The molecule has 0 unspecified atom stereocenters. The third kappa shape index (κ3) is 8.12. The zero-order chi connectivity index (χ0) is 26.1. The summed E-state index contributed by atoms with van der Waals surface area (Å²) in [4.78, 5) is 11.8. The Labute approximate surface area is 212 Å². The van der Waals surface area contributed by atoms with Crippen LogP contribution in [0.1, 0.15) is 31.4 Å². The second-order valence-electron chi connectivity index (χ2n) is 7.95. The van der Waals surface area contributed by atoms with Crippen LogP contribution < -0.4 is 14.2 Å². The smallest absolute Gasteiger partial charge is 0.416 e. The van der Waals surface area contributed by atoms with E-state index in [1.165, 1.54) is 6.07 Å². The van der Waals surface area contributed by atoms with Gasteiger partial charge in [-0.25, -0.2) is 4.79 Å². The topological polar surface area (TPSA) is 65.0 Å². The van der Waals surface area contributed by atoms with Crippen molar-refractivity contribution in [3.05, 3.63) is 77.9 Å². The second kappa shape index (κ2) is 12.6. The Kier molecular flexibility index (Phi) is 9.52. The van der Waals surface area contributed by atoms with Gasteiger partial charge < -0.3 is 19.3 Å². The molecular weight excluding hydrogens is 493 g/mol. The lowest BCUT2D eigenvalue weighted by atomic mass is 10.1. The van der Waals surface area contributed by atoms with Gasteiger partial charge in [0.15, 0.2) is 18.1 Å². The van der Waals surface area contributed by atoms with Crippen LogP contribution in [0.4, 0.5) is 13.2 Å². The van der Waals surface area contributed by atoms with E-state index in [1.807, 2.05) is 26.0 Å². The highest BCUT2D eigenvalue weighted by Crippen LogP contribution is 2.39. The lowest BCUT2D eigenvalue weighted by Gasteiger charge is -2.19. The fraction of sp³-hybridized carbons (Fsp3) is 0.296. The van der Waals surface area contributed by atoms with Gasteiger partial charge in [-0.15, -0.1) is 11.8 Å². The normalized spacial score (nSPS) is 12.1. The highest BCUT2D eigenvalue weighted by Gasteiger charge is 2.31. The number of para-hydroxylation sites is 1. The Hall–Kier alpha value is -3.33. The minimum absolute atomic E-state index is 0.0000605. The van der Waals surface area contributed by atoms with E-state index in [4.69, 9.17) is 19.3 Å². The fourth-order valence-electron chi connectivity index (χ4n) is 3.30. The average molecular weight is 521 g/mol. The Bertz CT molecular complexity index is 1150. The predicted octanol–water partition coefficient (Wildman–Crippen LogP) is 7.47. The van der Waals surface area contributed by atoms with Gasteiger partial charge in [-0.3, -0.25) is 0 Å². The van der Waals surface area contributed by atoms with E-state index in [0.29, 0.717) is 30.1 Å². The van der Waals surface area contributed by atoms with Gasteiger partial charge in [-0.1, -0.05) is 25.1 Å². The molecule has 0 fully saturated rings. The van der Waals surface area contributed by atoms with Crippen LogP contribution in [-0.4, -0.2) is 29.5 Å². The number of carboxylic acid groups (broad SMARTS) is 1. The number of aliphatic carboxylic acids is 1. The van der Waals surface area contributed by atoms with Crippen molar-refractivity contribution in [2.24, 2.45) is 0 Å². The predicted molar refractivity (Wildman–Crippen MR) is 132 cm³/mol. The van der Waals surface area contributed by atoms with E-state index >= 15 is 0 Å². The van der Waals surface area contributed by atoms with Crippen LogP contribution in [0, 0.1) is 0 Å². The van der Waals surface area contributed by atoms with E-state index in [9.17, 15) is 18.0 Å². The minimum Gasteiger partial charge on any atom is -0.487 e. The summed E-state index contributed by atoms with van der Waals surface area (Å²) in [6.45, 7) is 3.42. The van der Waals surface area contributed by atoms with Crippen LogP contribution in [0.15, 0.2) is 71.6 Å². The molecule has 0 amide bonds. The molecule has 36 heavy (non-hydrogen) atoms. The molecule has 5 nitrogen and oxygen atoms in total. The van der Waals surface area contributed by atoms with Crippen LogP contribution in [0.3, 0.4) is 0 Å². The van der Waals surface area contributed by atoms with E-state index in [0.717, 1.165) is 22.6 Å². The summed E-state index contributed by atoms with van der Waals surface area (Å²) in [6, 6.07) is 17.4. The van der Waals surface area contributed by atoms with Crippen molar-refractivity contribution in [3.8, 4) is 23.0 Å². The first-order valence-electron chi connectivity index (χ1n) is 11.4. The van der Waals surface area contributed by atoms with Gasteiger partial charge >= 0.3 is 12.1 Å². The van der Waals surface area contributed by atoms with Crippen LogP contribution >= 0.6 is 11.8 Å². The Morgan fingerprint density at radius 3 is 2.39 bits per heavy atom. The molecule has 0 saturated heterocycles. The fourth-order valence-corrected chi connectivity index (χ4v) is 4.37. The molecule has 0 bridgehead atoms. The second-order valence-corrected chi connectivity index (χ2v) is 9.11. The van der Waals surface area contributed by atoms with E-state index < -0.39 is 24.3 Å². The molecule has 3 aromatic carbocycles. The molecule has 9 heteroatoms. The first kappa shape index (κ1) is 27.3. The molecular formula is C27H27F3O5S. The quantitative estimate of drug-likeness (QED) is 0.250. The van der Waals surface area contributed by atoms with Crippen molar-refractivity contribution in [2.75, 3.05) is 12.4 Å². The summed E-state index contributed by atoms with van der Waals surface area (Å²) in [5.41, 5.74) is 0.101. The summed E-state index contributed by atoms with van der Waals surface area (Å²) in [7, 11) is 0. The number of alkyl halides is 3. The van der Waals surface area contributed by atoms with E-state index in [2.05, 4.69) is 0 Å². The maximum absolute atomic E-state index is 13.3. The number of benzene rings is 3. The third-order valence-corrected chi connectivity index (χ3v) is 6.15. The Balaban J connectivity index is 1.63. The summed E-state index contributed by atoms with van der Waals surface area (Å²) < 4.78 is 56.8. The van der Waals surface area contributed by atoms with Gasteiger partial charge in [0.2, 0.25) is 0 Å². The lowest BCUT2D eigenvalue weighted by molar-refractivity contribution is -0.139. The third-order valence-electron chi connectivity index (χ3n) is 5.13. The Morgan fingerprint density at radius 2 is 1.72 bits per heavy atom. The molecule has 0 heterocycles. The lowest BCUT2D eigenvalue weighted by Crippen LogP contribution is -2.14. The van der Waals surface area contributed by atoms with Crippen molar-refractivity contribution < 1.29 is 37.3 Å². The number of ether oxygens (including phenoxy) is 3. The van der Waals surface area contributed by atoms with Crippen molar-refractivity contribution >= 4 is 17.7 Å². The number of aryl methyl sites for hydroxylation is 1. The van der Waals surface area contributed by atoms with Gasteiger partial charge in [0.05, 0.1) is 11.7 Å². The summed E-state index contributed by atoms with van der Waals surface area (Å²) >= 11 is 1.60. The van der Waals surface area contributed by atoms with Gasteiger partial charge in [-0.05, 0) is 73.9 Å². The standard InChI is InChI=1S/C27H27F3O5S/c1-3-19-15-22(10-12-23(19)33-17-26(31)32)36-14-13-18(2)34-24-11-9-20(27(28,29)30)16-25(24)35-21-7-5-4-6-8-21/h4-12,15-16,18H,3,13-14,17H2,1-2H3,(H,31,32)/t18-/m1/s1. The summed E-state index contributed by atoms with van der Waals surface area (Å²) in [5, 5.41) is 8.81. The van der Waals surface area contributed by atoms with Gasteiger partial charge in [0.1, 0.15) is 11.5 Å². The Morgan fingerprint density at radius 1 is 1.00 bits per heavy atom.